The second-order valence-corrected chi connectivity index (χ2v) is 7.12. The number of piperidine rings is 1. The summed E-state index contributed by atoms with van der Waals surface area (Å²) in [7, 11) is 0. The number of aryl methyl sites for hydroxylation is 1. The van der Waals surface area contributed by atoms with E-state index in [1.165, 1.54) is 17.5 Å². The van der Waals surface area contributed by atoms with Gasteiger partial charge in [0.1, 0.15) is 0 Å². The molecule has 1 saturated carbocycles. The van der Waals surface area contributed by atoms with Crippen LogP contribution in [0.5, 0.6) is 0 Å². The van der Waals surface area contributed by atoms with E-state index in [4.69, 9.17) is 0 Å². The summed E-state index contributed by atoms with van der Waals surface area (Å²) in [6.07, 6.45) is 7.24. The van der Waals surface area contributed by atoms with E-state index < -0.39 is 5.60 Å². The summed E-state index contributed by atoms with van der Waals surface area (Å²) < 4.78 is 0. The van der Waals surface area contributed by atoms with E-state index in [2.05, 4.69) is 31.2 Å². The highest BCUT2D eigenvalue weighted by Gasteiger charge is 2.37. The molecule has 1 unspecified atom stereocenters. The highest BCUT2D eigenvalue weighted by atomic mass is 16.3. The minimum absolute atomic E-state index is 0.134. The normalized spacial score (nSPS) is 24.5. The van der Waals surface area contributed by atoms with Gasteiger partial charge in [0.15, 0.2) is 0 Å². The Morgan fingerprint density at radius 2 is 1.86 bits per heavy atom. The van der Waals surface area contributed by atoms with E-state index in [1.807, 2.05) is 4.90 Å². The number of benzene rings is 1. The number of rotatable bonds is 3. The molecule has 1 heterocycles. The smallest absolute Gasteiger partial charge is 0.225 e. The number of aliphatic hydroxyl groups is 1. The molecule has 22 heavy (non-hydrogen) atoms. The van der Waals surface area contributed by atoms with Crippen molar-refractivity contribution in [2.45, 2.75) is 69.9 Å². The molecule has 0 bridgehead atoms. The zero-order valence-electron chi connectivity index (χ0n) is 13.6. The standard InChI is InChI=1S/C19H27NO2/c1-15-7-9-16(10-8-15)17-6-2-5-13-20(17)18(21)14-19(22)11-3-4-12-19/h7-10,17,22H,2-6,11-14H2,1H3. The predicted molar refractivity (Wildman–Crippen MR) is 87.5 cm³/mol. The van der Waals surface area contributed by atoms with Crippen molar-refractivity contribution in [3.05, 3.63) is 35.4 Å². The summed E-state index contributed by atoms with van der Waals surface area (Å²) in [5.74, 6) is 0.134. The molecule has 1 amide bonds. The maximum atomic E-state index is 12.8. The Labute approximate surface area is 133 Å². The molecule has 1 aliphatic heterocycles. The first-order valence-corrected chi connectivity index (χ1v) is 8.66. The summed E-state index contributed by atoms with van der Waals surface area (Å²) in [4.78, 5) is 14.8. The molecule has 1 atom stereocenters. The van der Waals surface area contributed by atoms with Crippen molar-refractivity contribution in [3.8, 4) is 0 Å². The Morgan fingerprint density at radius 3 is 2.55 bits per heavy atom. The van der Waals surface area contributed by atoms with Crippen LogP contribution in [0.25, 0.3) is 0 Å². The molecule has 120 valence electrons. The van der Waals surface area contributed by atoms with Crippen LogP contribution in [0, 0.1) is 6.92 Å². The summed E-state index contributed by atoms with van der Waals surface area (Å²) in [5, 5.41) is 10.5. The van der Waals surface area contributed by atoms with Crippen LogP contribution in [0.2, 0.25) is 0 Å². The van der Waals surface area contributed by atoms with Crippen LogP contribution in [0.4, 0.5) is 0 Å². The van der Waals surface area contributed by atoms with Crippen molar-refractivity contribution in [1.29, 1.82) is 0 Å². The number of carbonyl (C=O) groups is 1. The molecule has 3 heteroatoms. The number of carbonyl (C=O) groups excluding carboxylic acids is 1. The Balaban J connectivity index is 1.74. The summed E-state index contributed by atoms with van der Waals surface area (Å²) in [6.45, 7) is 2.91. The van der Waals surface area contributed by atoms with E-state index >= 15 is 0 Å². The minimum Gasteiger partial charge on any atom is -0.389 e. The van der Waals surface area contributed by atoms with Gasteiger partial charge in [-0.05, 0) is 44.6 Å². The van der Waals surface area contributed by atoms with E-state index in [0.29, 0.717) is 6.42 Å². The van der Waals surface area contributed by atoms with Crippen molar-refractivity contribution in [1.82, 2.24) is 4.90 Å². The third kappa shape index (κ3) is 3.35. The molecular formula is C19H27NO2. The first kappa shape index (κ1) is 15.5. The lowest BCUT2D eigenvalue weighted by Gasteiger charge is -2.38. The van der Waals surface area contributed by atoms with Gasteiger partial charge in [-0.3, -0.25) is 4.79 Å². The first-order valence-electron chi connectivity index (χ1n) is 8.66. The average molecular weight is 301 g/mol. The molecule has 3 rings (SSSR count). The van der Waals surface area contributed by atoms with Crippen molar-refractivity contribution < 1.29 is 9.90 Å². The third-order valence-corrected chi connectivity index (χ3v) is 5.30. The van der Waals surface area contributed by atoms with Gasteiger partial charge in [-0.15, -0.1) is 0 Å². The summed E-state index contributed by atoms with van der Waals surface area (Å²) in [5.41, 5.74) is 1.74. The maximum Gasteiger partial charge on any atom is 0.225 e. The molecule has 1 N–H and O–H groups in total. The number of likely N-dealkylation sites (tertiary alicyclic amines) is 1. The molecule has 1 aromatic carbocycles. The SMILES string of the molecule is Cc1ccc(C2CCCCN2C(=O)CC2(O)CCCC2)cc1. The highest BCUT2D eigenvalue weighted by molar-refractivity contribution is 5.78. The molecule has 1 saturated heterocycles. The fraction of sp³-hybridized carbons (Fsp3) is 0.632. The van der Waals surface area contributed by atoms with Crippen LogP contribution < -0.4 is 0 Å². The Morgan fingerprint density at radius 1 is 1.18 bits per heavy atom. The van der Waals surface area contributed by atoms with Gasteiger partial charge in [0.25, 0.3) is 0 Å². The second kappa shape index (κ2) is 6.41. The lowest BCUT2D eigenvalue weighted by molar-refractivity contribution is -0.140. The Hall–Kier alpha value is -1.35. The number of hydrogen-bond acceptors (Lipinski definition) is 2. The third-order valence-electron chi connectivity index (χ3n) is 5.30. The van der Waals surface area contributed by atoms with Crippen molar-refractivity contribution in [2.24, 2.45) is 0 Å². The average Bonchev–Trinajstić information content (AvgIpc) is 2.94. The van der Waals surface area contributed by atoms with Gasteiger partial charge in [-0.2, -0.15) is 0 Å². The fourth-order valence-corrected chi connectivity index (χ4v) is 3.96. The number of amides is 1. The van der Waals surface area contributed by atoms with Crippen molar-refractivity contribution >= 4 is 5.91 Å². The lowest BCUT2D eigenvalue weighted by atomic mass is 9.92. The van der Waals surface area contributed by atoms with Crippen LogP contribution in [0.15, 0.2) is 24.3 Å². The molecule has 1 aliphatic carbocycles. The minimum atomic E-state index is -0.744. The highest BCUT2D eigenvalue weighted by Crippen LogP contribution is 2.36. The van der Waals surface area contributed by atoms with Gasteiger partial charge in [-0.1, -0.05) is 42.7 Å². The molecule has 2 aliphatic rings. The van der Waals surface area contributed by atoms with Gasteiger partial charge >= 0.3 is 0 Å². The molecular weight excluding hydrogens is 274 g/mol. The van der Waals surface area contributed by atoms with Gasteiger partial charge in [0.05, 0.1) is 18.1 Å². The van der Waals surface area contributed by atoms with Crippen LogP contribution in [0.1, 0.15) is 68.5 Å². The quantitative estimate of drug-likeness (QED) is 0.924. The Kier molecular flexibility index (Phi) is 4.53. The van der Waals surface area contributed by atoms with Crippen molar-refractivity contribution in [3.63, 3.8) is 0 Å². The van der Waals surface area contributed by atoms with Gasteiger partial charge in [0.2, 0.25) is 5.91 Å². The first-order chi connectivity index (χ1) is 10.6. The molecule has 0 spiro atoms. The van der Waals surface area contributed by atoms with E-state index in [-0.39, 0.29) is 11.9 Å². The van der Waals surface area contributed by atoms with Crippen LogP contribution >= 0.6 is 0 Å². The maximum absolute atomic E-state index is 12.8. The molecule has 0 radical (unpaired) electrons. The molecule has 3 nitrogen and oxygen atoms in total. The monoisotopic (exact) mass is 301 g/mol. The van der Waals surface area contributed by atoms with Crippen molar-refractivity contribution in [2.75, 3.05) is 6.54 Å². The van der Waals surface area contributed by atoms with Crippen LogP contribution in [0.3, 0.4) is 0 Å². The topological polar surface area (TPSA) is 40.5 Å². The summed E-state index contributed by atoms with van der Waals surface area (Å²) >= 11 is 0. The molecule has 2 fully saturated rings. The largest absolute Gasteiger partial charge is 0.389 e. The zero-order chi connectivity index (χ0) is 15.6. The van der Waals surface area contributed by atoms with E-state index in [9.17, 15) is 9.90 Å². The zero-order valence-corrected chi connectivity index (χ0v) is 13.6. The predicted octanol–water partition coefficient (Wildman–Crippen LogP) is 3.74. The van der Waals surface area contributed by atoms with Gasteiger partial charge in [0, 0.05) is 6.54 Å². The lowest BCUT2D eigenvalue weighted by Crippen LogP contribution is -2.42. The van der Waals surface area contributed by atoms with Crippen LogP contribution in [-0.2, 0) is 4.79 Å². The summed E-state index contributed by atoms with van der Waals surface area (Å²) in [6, 6.07) is 8.73. The van der Waals surface area contributed by atoms with Gasteiger partial charge < -0.3 is 10.0 Å². The van der Waals surface area contributed by atoms with E-state index in [1.54, 1.807) is 0 Å². The van der Waals surface area contributed by atoms with Gasteiger partial charge in [-0.25, -0.2) is 0 Å². The fourth-order valence-electron chi connectivity index (χ4n) is 3.96. The number of nitrogens with zero attached hydrogens (tertiary/aromatic N) is 1. The van der Waals surface area contributed by atoms with E-state index in [0.717, 1.165) is 45.1 Å². The molecule has 1 aromatic rings. The Bertz CT molecular complexity index is 517. The van der Waals surface area contributed by atoms with Crippen LogP contribution in [-0.4, -0.2) is 28.1 Å². The number of hydrogen-bond donors (Lipinski definition) is 1. The molecule has 0 aromatic heterocycles. The second-order valence-electron chi connectivity index (χ2n) is 7.12.